The van der Waals surface area contributed by atoms with Gasteiger partial charge in [-0.2, -0.15) is 0 Å². The third-order valence-corrected chi connectivity index (χ3v) is 3.82. The summed E-state index contributed by atoms with van der Waals surface area (Å²) in [6.45, 7) is 5.15. The van der Waals surface area contributed by atoms with Crippen molar-refractivity contribution in [2.24, 2.45) is 11.7 Å². The lowest BCUT2D eigenvalue weighted by atomic mass is 9.97. The molecule has 1 aromatic carbocycles. The molecule has 0 amide bonds. The van der Waals surface area contributed by atoms with Gasteiger partial charge in [0.2, 0.25) is 0 Å². The summed E-state index contributed by atoms with van der Waals surface area (Å²) in [5.41, 5.74) is 8.82. The van der Waals surface area contributed by atoms with Gasteiger partial charge >= 0.3 is 0 Å². The molecule has 0 aliphatic heterocycles. The zero-order valence-corrected chi connectivity index (χ0v) is 12.0. The van der Waals surface area contributed by atoms with Crippen molar-refractivity contribution in [1.82, 2.24) is 4.98 Å². The first-order valence-corrected chi connectivity index (χ1v) is 7.35. The number of benzene rings is 1. The summed E-state index contributed by atoms with van der Waals surface area (Å²) >= 11 is 0. The standard InChI is InChI=1S/C16H24N2O/c1-3-12(9-10-17)6-8-16-18-14-11-13(4-2)5-7-15(14)19-16/h5,7,11-12H,3-4,6,8-10,17H2,1-2H3. The Hall–Kier alpha value is -1.35. The average molecular weight is 260 g/mol. The zero-order valence-electron chi connectivity index (χ0n) is 12.0. The molecule has 2 N–H and O–H groups in total. The van der Waals surface area contributed by atoms with E-state index in [-0.39, 0.29) is 0 Å². The molecule has 0 aliphatic carbocycles. The number of aromatic nitrogens is 1. The van der Waals surface area contributed by atoms with Gasteiger partial charge in [-0.25, -0.2) is 4.98 Å². The first-order valence-electron chi connectivity index (χ1n) is 7.35. The van der Waals surface area contributed by atoms with Gasteiger partial charge < -0.3 is 10.2 Å². The van der Waals surface area contributed by atoms with Gasteiger partial charge in [0.15, 0.2) is 11.5 Å². The molecule has 3 heteroatoms. The Morgan fingerprint density at radius 1 is 1.26 bits per heavy atom. The maximum Gasteiger partial charge on any atom is 0.195 e. The van der Waals surface area contributed by atoms with Gasteiger partial charge in [0.25, 0.3) is 0 Å². The molecule has 1 atom stereocenters. The van der Waals surface area contributed by atoms with Crippen molar-refractivity contribution in [3.63, 3.8) is 0 Å². The fourth-order valence-electron chi connectivity index (χ4n) is 2.46. The highest BCUT2D eigenvalue weighted by Crippen LogP contribution is 2.21. The number of oxazole rings is 1. The normalized spacial score (nSPS) is 13.0. The monoisotopic (exact) mass is 260 g/mol. The van der Waals surface area contributed by atoms with Crippen LogP contribution >= 0.6 is 0 Å². The highest BCUT2D eigenvalue weighted by Gasteiger charge is 2.10. The smallest absolute Gasteiger partial charge is 0.195 e. The largest absolute Gasteiger partial charge is 0.441 e. The molecule has 3 nitrogen and oxygen atoms in total. The molecule has 2 aromatic rings. The summed E-state index contributed by atoms with van der Waals surface area (Å²) in [5, 5.41) is 0. The first-order chi connectivity index (χ1) is 9.26. The van der Waals surface area contributed by atoms with Crippen molar-refractivity contribution in [1.29, 1.82) is 0 Å². The maximum absolute atomic E-state index is 5.80. The molecular formula is C16H24N2O. The van der Waals surface area contributed by atoms with E-state index in [1.54, 1.807) is 0 Å². The van der Waals surface area contributed by atoms with Crippen LogP contribution in [0.1, 0.15) is 44.6 Å². The second-order valence-corrected chi connectivity index (χ2v) is 5.15. The highest BCUT2D eigenvalue weighted by atomic mass is 16.3. The molecule has 1 unspecified atom stereocenters. The van der Waals surface area contributed by atoms with Crippen LogP contribution in [-0.4, -0.2) is 11.5 Å². The third-order valence-electron chi connectivity index (χ3n) is 3.82. The van der Waals surface area contributed by atoms with Crippen LogP contribution in [0, 0.1) is 5.92 Å². The molecule has 104 valence electrons. The van der Waals surface area contributed by atoms with E-state index in [0.717, 1.165) is 49.2 Å². The van der Waals surface area contributed by atoms with Crippen LogP contribution in [0.2, 0.25) is 0 Å². The fourth-order valence-corrected chi connectivity index (χ4v) is 2.46. The minimum absolute atomic E-state index is 0.686. The van der Waals surface area contributed by atoms with E-state index in [2.05, 4.69) is 31.0 Å². The van der Waals surface area contributed by atoms with Crippen molar-refractivity contribution >= 4 is 11.1 Å². The van der Waals surface area contributed by atoms with Gasteiger partial charge in [-0.05, 0) is 49.4 Å². The van der Waals surface area contributed by atoms with Crippen LogP contribution in [-0.2, 0) is 12.8 Å². The summed E-state index contributed by atoms with van der Waals surface area (Å²) in [6, 6.07) is 6.27. The molecular weight excluding hydrogens is 236 g/mol. The third kappa shape index (κ3) is 3.57. The Balaban J connectivity index is 2.04. The average Bonchev–Trinajstić information content (AvgIpc) is 2.84. The molecule has 0 spiro atoms. The van der Waals surface area contributed by atoms with E-state index in [1.165, 1.54) is 12.0 Å². The van der Waals surface area contributed by atoms with E-state index in [4.69, 9.17) is 10.2 Å². The number of hydrogen-bond donors (Lipinski definition) is 1. The van der Waals surface area contributed by atoms with Crippen molar-refractivity contribution in [3.05, 3.63) is 29.7 Å². The summed E-state index contributed by atoms with van der Waals surface area (Å²) < 4.78 is 5.80. The molecule has 2 rings (SSSR count). The summed E-state index contributed by atoms with van der Waals surface area (Å²) in [6.07, 6.45) is 5.33. The van der Waals surface area contributed by atoms with Crippen molar-refractivity contribution < 1.29 is 4.42 Å². The number of rotatable bonds is 7. The molecule has 0 aliphatic rings. The predicted molar refractivity (Wildman–Crippen MR) is 79.2 cm³/mol. The number of fused-ring (bicyclic) bond motifs is 1. The van der Waals surface area contributed by atoms with Crippen LogP contribution < -0.4 is 5.73 Å². The fraction of sp³-hybridized carbons (Fsp3) is 0.562. The second-order valence-electron chi connectivity index (χ2n) is 5.15. The second kappa shape index (κ2) is 6.71. The zero-order chi connectivity index (χ0) is 13.7. The molecule has 19 heavy (non-hydrogen) atoms. The minimum atomic E-state index is 0.686. The molecule has 0 radical (unpaired) electrons. The van der Waals surface area contributed by atoms with Gasteiger partial charge in [-0.15, -0.1) is 0 Å². The molecule has 0 fully saturated rings. The number of hydrogen-bond acceptors (Lipinski definition) is 3. The van der Waals surface area contributed by atoms with Gasteiger partial charge in [0.05, 0.1) is 0 Å². The number of nitrogens with zero attached hydrogens (tertiary/aromatic N) is 1. The molecule has 1 aromatic heterocycles. The number of nitrogens with two attached hydrogens (primary N) is 1. The lowest BCUT2D eigenvalue weighted by Gasteiger charge is -2.11. The van der Waals surface area contributed by atoms with E-state index in [9.17, 15) is 0 Å². The summed E-state index contributed by atoms with van der Waals surface area (Å²) in [7, 11) is 0. The predicted octanol–water partition coefficient (Wildman–Crippen LogP) is 3.70. The van der Waals surface area contributed by atoms with Crippen molar-refractivity contribution in [2.75, 3.05) is 6.54 Å². The first kappa shape index (κ1) is 14.1. The molecule has 0 saturated carbocycles. The quantitative estimate of drug-likeness (QED) is 0.826. The van der Waals surface area contributed by atoms with Crippen LogP contribution in [0.25, 0.3) is 11.1 Å². The summed E-state index contributed by atoms with van der Waals surface area (Å²) in [4.78, 5) is 4.59. The van der Waals surface area contributed by atoms with Crippen LogP contribution in [0.4, 0.5) is 0 Å². The summed E-state index contributed by atoms with van der Waals surface area (Å²) in [5.74, 6) is 1.55. The highest BCUT2D eigenvalue weighted by molar-refractivity contribution is 5.73. The topological polar surface area (TPSA) is 52.0 Å². The Bertz CT molecular complexity index is 518. The van der Waals surface area contributed by atoms with E-state index in [1.807, 2.05) is 6.07 Å². The van der Waals surface area contributed by atoms with E-state index < -0.39 is 0 Å². The Morgan fingerprint density at radius 2 is 2.11 bits per heavy atom. The van der Waals surface area contributed by atoms with Crippen molar-refractivity contribution in [3.8, 4) is 0 Å². The minimum Gasteiger partial charge on any atom is -0.441 e. The molecule has 0 saturated heterocycles. The van der Waals surface area contributed by atoms with E-state index in [0.29, 0.717) is 5.92 Å². The molecule has 0 bridgehead atoms. The Labute approximate surface area is 115 Å². The van der Waals surface area contributed by atoms with Gasteiger partial charge in [-0.3, -0.25) is 0 Å². The van der Waals surface area contributed by atoms with Gasteiger partial charge in [-0.1, -0.05) is 26.3 Å². The van der Waals surface area contributed by atoms with Crippen LogP contribution in [0.3, 0.4) is 0 Å². The van der Waals surface area contributed by atoms with Gasteiger partial charge in [0.1, 0.15) is 5.52 Å². The van der Waals surface area contributed by atoms with Crippen LogP contribution in [0.5, 0.6) is 0 Å². The lowest BCUT2D eigenvalue weighted by molar-refractivity contribution is 0.415. The van der Waals surface area contributed by atoms with Crippen molar-refractivity contribution in [2.45, 2.75) is 46.0 Å². The van der Waals surface area contributed by atoms with Crippen LogP contribution in [0.15, 0.2) is 22.6 Å². The van der Waals surface area contributed by atoms with Gasteiger partial charge in [0, 0.05) is 6.42 Å². The SMILES string of the molecule is CCc1ccc2oc(CCC(CC)CCN)nc2c1. The maximum atomic E-state index is 5.80. The Kier molecular flexibility index (Phi) is 4.97. The number of aryl methyl sites for hydroxylation is 2. The lowest BCUT2D eigenvalue weighted by Crippen LogP contribution is -2.09. The Morgan fingerprint density at radius 3 is 2.79 bits per heavy atom. The molecule has 1 heterocycles. The van der Waals surface area contributed by atoms with E-state index >= 15 is 0 Å².